The second kappa shape index (κ2) is 7.44. The van der Waals surface area contributed by atoms with E-state index in [1.807, 2.05) is 30.3 Å². The van der Waals surface area contributed by atoms with Crippen molar-refractivity contribution in [3.05, 3.63) is 35.9 Å². The predicted molar refractivity (Wildman–Crippen MR) is 86.9 cm³/mol. The van der Waals surface area contributed by atoms with Gasteiger partial charge in [0.15, 0.2) is 5.60 Å². The highest BCUT2D eigenvalue weighted by Crippen LogP contribution is 2.43. The fourth-order valence-electron chi connectivity index (χ4n) is 3.19. The third-order valence-corrected chi connectivity index (χ3v) is 4.78. The Balaban J connectivity index is 0.00000176. The molecule has 1 aromatic carbocycles. The number of nitrogens with one attached hydrogen (secondary N) is 1. The summed E-state index contributed by atoms with van der Waals surface area (Å²) in [6, 6.07) is 9.25. The molecule has 1 aliphatic heterocycles. The number of rotatable bonds is 4. The number of halogens is 1. The van der Waals surface area contributed by atoms with Crippen LogP contribution in [0.3, 0.4) is 0 Å². The van der Waals surface area contributed by atoms with Gasteiger partial charge in [0, 0.05) is 5.92 Å². The molecule has 3 rings (SSSR count). The average Bonchev–Trinajstić information content (AvgIpc) is 2.47. The van der Waals surface area contributed by atoms with Gasteiger partial charge in [-0.05, 0) is 44.3 Å². The Morgan fingerprint density at radius 2 is 1.77 bits per heavy atom. The summed E-state index contributed by atoms with van der Waals surface area (Å²) in [6.45, 7) is 1.73. The zero-order valence-corrected chi connectivity index (χ0v) is 13.5. The highest BCUT2D eigenvalue weighted by Gasteiger charge is 2.49. The first-order valence-corrected chi connectivity index (χ1v) is 7.91. The molecule has 0 radical (unpaired) electrons. The van der Waals surface area contributed by atoms with E-state index in [0.29, 0.717) is 5.56 Å². The van der Waals surface area contributed by atoms with Crippen molar-refractivity contribution in [2.24, 2.45) is 5.92 Å². The first kappa shape index (κ1) is 17.3. The minimum absolute atomic E-state index is 0. The van der Waals surface area contributed by atoms with Crippen LogP contribution in [-0.2, 0) is 15.1 Å². The van der Waals surface area contributed by atoms with E-state index in [9.17, 15) is 9.90 Å². The molecule has 22 heavy (non-hydrogen) atoms. The molecule has 4 nitrogen and oxygen atoms in total. The van der Waals surface area contributed by atoms with Crippen LogP contribution < -0.4 is 5.32 Å². The average molecular weight is 326 g/mol. The van der Waals surface area contributed by atoms with Crippen molar-refractivity contribution in [3.8, 4) is 0 Å². The summed E-state index contributed by atoms with van der Waals surface area (Å²) in [7, 11) is 0. The molecule has 0 spiro atoms. The smallest absolute Gasteiger partial charge is 0.343 e. The molecule has 1 heterocycles. The number of carbonyl (C=O) groups is 1. The summed E-state index contributed by atoms with van der Waals surface area (Å²) in [5.74, 6) is -0.487. The van der Waals surface area contributed by atoms with Gasteiger partial charge < -0.3 is 15.2 Å². The SMILES string of the molecule is Cl.O=C(OC1CCNCC1)C(O)(c1ccccc1)C1CCC1. The van der Waals surface area contributed by atoms with Crippen LogP contribution in [0.1, 0.15) is 37.7 Å². The van der Waals surface area contributed by atoms with Crippen LogP contribution in [0.25, 0.3) is 0 Å². The van der Waals surface area contributed by atoms with Crippen LogP contribution in [0.15, 0.2) is 30.3 Å². The molecule has 1 unspecified atom stereocenters. The summed E-state index contributed by atoms with van der Waals surface area (Å²) in [6.07, 6.45) is 4.40. The second-order valence-electron chi connectivity index (χ2n) is 6.11. The van der Waals surface area contributed by atoms with Crippen molar-refractivity contribution in [3.63, 3.8) is 0 Å². The van der Waals surface area contributed by atoms with Crippen molar-refractivity contribution < 1.29 is 14.6 Å². The number of benzene rings is 1. The van der Waals surface area contributed by atoms with E-state index in [0.717, 1.165) is 45.2 Å². The van der Waals surface area contributed by atoms with Crippen LogP contribution >= 0.6 is 12.4 Å². The van der Waals surface area contributed by atoms with Crippen molar-refractivity contribution in [2.45, 2.75) is 43.8 Å². The van der Waals surface area contributed by atoms with Gasteiger partial charge in [-0.2, -0.15) is 0 Å². The highest BCUT2D eigenvalue weighted by molar-refractivity contribution is 5.85. The van der Waals surface area contributed by atoms with E-state index in [1.165, 1.54) is 0 Å². The molecule has 0 aromatic heterocycles. The van der Waals surface area contributed by atoms with E-state index >= 15 is 0 Å². The van der Waals surface area contributed by atoms with Gasteiger partial charge in [0.05, 0.1) is 0 Å². The van der Waals surface area contributed by atoms with Gasteiger partial charge in [-0.3, -0.25) is 0 Å². The predicted octanol–water partition coefficient (Wildman–Crippen LogP) is 2.39. The minimum Gasteiger partial charge on any atom is -0.460 e. The molecule has 1 saturated heterocycles. The van der Waals surface area contributed by atoms with Crippen molar-refractivity contribution in [1.82, 2.24) is 5.32 Å². The van der Waals surface area contributed by atoms with E-state index in [2.05, 4.69) is 5.32 Å². The van der Waals surface area contributed by atoms with Crippen LogP contribution in [-0.4, -0.2) is 30.3 Å². The monoisotopic (exact) mass is 325 g/mol. The van der Waals surface area contributed by atoms with E-state index in [4.69, 9.17) is 4.74 Å². The van der Waals surface area contributed by atoms with Gasteiger partial charge in [-0.1, -0.05) is 36.8 Å². The third kappa shape index (κ3) is 3.29. The van der Waals surface area contributed by atoms with Gasteiger partial charge in [0.2, 0.25) is 0 Å². The summed E-state index contributed by atoms with van der Waals surface area (Å²) in [5, 5.41) is 14.4. The standard InChI is InChI=1S/C17H23NO3.ClH/c19-16(21-15-9-11-18-12-10-15)17(20,14-7-4-8-14)13-5-2-1-3-6-13;/h1-3,5-6,14-15,18,20H,4,7-12H2;1H. The largest absolute Gasteiger partial charge is 0.460 e. The van der Waals surface area contributed by atoms with Crippen LogP contribution in [0, 0.1) is 5.92 Å². The normalized spacial score (nSPS) is 22.0. The summed E-state index contributed by atoms with van der Waals surface area (Å²) < 4.78 is 5.64. The first-order valence-electron chi connectivity index (χ1n) is 7.91. The zero-order chi connectivity index (χ0) is 14.7. The topological polar surface area (TPSA) is 58.6 Å². The Labute approximate surface area is 137 Å². The lowest BCUT2D eigenvalue weighted by Gasteiger charge is -2.40. The number of carbonyl (C=O) groups excluding carboxylic acids is 1. The van der Waals surface area contributed by atoms with Crippen molar-refractivity contribution in [2.75, 3.05) is 13.1 Å². The van der Waals surface area contributed by atoms with Crippen LogP contribution in [0.4, 0.5) is 0 Å². The Kier molecular flexibility index (Phi) is 5.84. The lowest BCUT2D eigenvalue weighted by molar-refractivity contribution is -0.184. The van der Waals surface area contributed by atoms with Gasteiger partial charge >= 0.3 is 5.97 Å². The lowest BCUT2D eigenvalue weighted by atomic mass is 9.69. The molecule has 2 fully saturated rings. The molecule has 5 heteroatoms. The molecule has 0 amide bonds. The number of esters is 1. The maximum atomic E-state index is 12.7. The molecular formula is C17H24ClNO3. The van der Waals surface area contributed by atoms with E-state index in [1.54, 1.807) is 0 Å². The molecule has 1 aliphatic carbocycles. The van der Waals surface area contributed by atoms with Crippen LogP contribution in [0.2, 0.25) is 0 Å². The first-order chi connectivity index (χ1) is 10.2. The molecule has 1 atom stereocenters. The Morgan fingerprint density at radius 3 is 2.32 bits per heavy atom. The molecule has 1 saturated carbocycles. The van der Waals surface area contributed by atoms with Gasteiger partial charge in [-0.15, -0.1) is 12.4 Å². The number of hydrogen-bond acceptors (Lipinski definition) is 4. The quantitative estimate of drug-likeness (QED) is 0.835. The van der Waals surface area contributed by atoms with Crippen LogP contribution in [0.5, 0.6) is 0 Å². The second-order valence-corrected chi connectivity index (χ2v) is 6.11. The van der Waals surface area contributed by atoms with Crippen molar-refractivity contribution >= 4 is 18.4 Å². The van der Waals surface area contributed by atoms with Gasteiger partial charge in [0.1, 0.15) is 6.10 Å². The minimum atomic E-state index is -1.48. The fraction of sp³-hybridized carbons (Fsp3) is 0.588. The number of piperidine rings is 1. The molecule has 122 valence electrons. The number of ether oxygens (including phenoxy) is 1. The fourth-order valence-corrected chi connectivity index (χ4v) is 3.19. The maximum absolute atomic E-state index is 12.7. The summed E-state index contributed by atoms with van der Waals surface area (Å²) in [5.41, 5.74) is -0.821. The Morgan fingerprint density at radius 1 is 1.14 bits per heavy atom. The third-order valence-electron chi connectivity index (χ3n) is 4.78. The summed E-state index contributed by atoms with van der Waals surface area (Å²) in [4.78, 5) is 12.7. The van der Waals surface area contributed by atoms with E-state index in [-0.39, 0.29) is 24.4 Å². The number of aliphatic hydroxyl groups is 1. The highest BCUT2D eigenvalue weighted by atomic mass is 35.5. The van der Waals surface area contributed by atoms with E-state index < -0.39 is 11.6 Å². The lowest BCUT2D eigenvalue weighted by Crippen LogP contribution is -2.49. The summed E-state index contributed by atoms with van der Waals surface area (Å²) >= 11 is 0. The Bertz CT molecular complexity index is 486. The van der Waals surface area contributed by atoms with Gasteiger partial charge in [-0.25, -0.2) is 4.79 Å². The molecule has 2 N–H and O–H groups in total. The van der Waals surface area contributed by atoms with Gasteiger partial charge in [0.25, 0.3) is 0 Å². The molecule has 0 bridgehead atoms. The molecular weight excluding hydrogens is 302 g/mol. The molecule has 2 aliphatic rings. The zero-order valence-electron chi connectivity index (χ0n) is 12.7. The van der Waals surface area contributed by atoms with Crippen molar-refractivity contribution in [1.29, 1.82) is 0 Å². The Hall–Kier alpha value is -1.10. The number of hydrogen-bond donors (Lipinski definition) is 2. The maximum Gasteiger partial charge on any atom is 0.343 e. The molecule has 1 aromatic rings.